The largest absolute Gasteiger partial charge is 0.492 e. The third kappa shape index (κ3) is 6.28. The summed E-state index contributed by atoms with van der Waals surface area (Å²) >= 11 is 0. The Morgan fingerprint density at radius 3 is 2.66 bits per heavy atom. The molecule has 3 aliphatic rings. The number of para-hydroxylation sites is 1. The summed E-state index contributed by atoms with van der Waals surface area (Å²) < 4.78 is 48.0. The van der Waals surface area contributed by atoms with Gasteiger partial charge in [-0.15, -0.1) is 10.2 Å². The first-order valence-corrected chi connectivity index (χ1v) is 15.6. The van der Waals surface area contributed by atoms with Gasteiger partial charge in [0.15, 0.2) is 11.6 Å². The van der Waals surface area contributed by atoms with Crippen LogP contribution in [0, 0.1) is 5.41 Å². The molecule has 4 N–H and O–H groups in total. The van der Waals surface area contributed by atoms with Crippen LogP contribution in [0.5, 0.6) is 5.75 Å². The highest BCUT2D eigenvalue weighted by Crippen LogP contribution is 2.45. The molecule has 1 aromatic heterocycles. The van der Waals surface area contributed by atoms with Crippen molar-refractivity contribution in [1.82, 2.24) is 30.7 Å². The van der Waals surface area contributed by atoms with E-state index in [-0.39, 0.29) is 29.7 Å². The zero-order chi connectivity index (χ0) is 30.7. The van der Waals surface area contributed by atoms with Crippen molar-refractivity contribution in [3.05, 3.63) is 70.8 Å². The standard InChI is InChI=1S/C32H40F3N7O2/c1-42-26(40-41-29(42)28-31(19-36-20-38-28)14-5-3-2-4-6-15-31)18-37-22-10-7-9-21(17-22)30(43)39-25-13-16-44-27-23(25)11-8-12-24(27)32(33,34)35/h7-12,17,25,28,36-38H,2-6,13-16,18-20H2,1H3,(H,39,43)/t25-,28?/m0/s1. The summed E-state index contributed by atoms with van der Waals surface area (Å²) in [6.45, 7) is 2.22. The van der Waals surface area contributed by atoms with Gasteiger partial charge in [-0.3, -0.25) is 10.1 Å². The third-order valence-electron chi connectivity index (χ3n) is 9.39. The molecule has 1 unspecified atom stereocenters. The molecule has 6 rings (SSSR count). The van der Waals surface area contributed by atoms with Crippen molar-refractivity contribution in [3.63, 3.8) is 0 Å². The molecule has 1 saturated heterocycles. The first kappa shape index (κ1) is 30.4. The van der Waals surface area contributed by atoms with Gasteiger partial charge in [0.2, 0.25) is 0 Å². The summed E-state index contributed by atoms with van der Waals surface area (Å²) in [4.78, 5) is 13.2. The van der Waals surface area contributed by atoms with Crippen molar-refractivity contribution in [2.75, 3.05) is 25.1 Å². The summed E-state index contributed by atoms with van der Waals surface area (Å²) in [6.07, 6.45) is 4.49. The summed E-state index contributed by atoms with van der Waals surface area (Å²) in [5, 5.41) is 22.7. The number of benzene rings is 2. The Morgan fingerprint density at radius 2 is 1.86 bits per heavy atom. The minimum atomic E-state index is -4.54. The quantitative estimate of drug-likeness (QED) is 0.287. The van der Waals surface area contributed by atoms with Gasteiger partial charge in [0.25, 0.3) is 5.91 Å². The number of hydrogen-bond acceptors (Lipinski definition) is 7. The molecule has 0 bridgehead atoms. The van der Waals surface area contributed by atoms with Crippen LogP contribution in [0.3, 0.4) is 0 Å². The highest BCUT2D eigenvalue weighted by Gasteiger charge is 2.43. The molecular formula is C32H40F3N7O2. The van der Waals surface area contributed by atoms with Crippen molar-refractivity contribution in [2.24, 2.45) is 12.5 Å². The molecule has 1 amide bonds. The van der Waals surface area contributed by atoms with E-state index in [1.807, 2.05) is 13.1 Å². The number of nitrogens with zero attached hydrogens (tertiary/aromatic N) is 3. The number of hydrogen-bond donors (Lipinski definition) is 4. The molecule has 2 atom stereocenters. The predicted molar refractivity (Wildman–Crippen MR) is 160 cm³/mol. The number of ether oxygens (including phenoxy) is 1. The predicted octanol–water partition coefficient (Wildman–Crippen LogP) is 5.62. The van der Waals surface area contributed by atoms with Gasteiger partial charge in [-0.05, 0) is 37.1 Å². The lowest BCUT2D eigenvalue weighted by Gasteiger charge is -2.45. The molecule has 44 heavy (non-hydrogen) atoms. The fourth-order valence-electron chi connectivity index (χ4n) is 7.02. The van der Waals surface area contributed by atoms with Gasteiger partial charge in [0.05, 0.1) is 30.8 Å². The Labute approximate surface area is 255 Å². The fraction of sp³-hybridized carbons (Fsp3) is 0.531. The van der Waals surface area contributed by atoms with Gasteiger partial charge in [-0.1, -0.05) is 50.3 Å². The Balaban J connectivity index is 1.13. The van der Waals surface area contributed by atoms with E-state index >= 15 is 0 Å². The van der Waals surface area contributed by atoms with Crippen molar-refractivity contribution >= 4 is 11.6 Å². The topological polar surface area (TPSA) is 105 Å². The molecule has 2 aliphatic heterocycles. The first-order valence-electron chi connectivity index (χ1n) is 15.6. The second kappa shape index (κ2) is 12.8. The SMILES string of the molecule is Cn1c(CNc2cccc(C(=O)N[C@H]3CCOc4c3cccc4C(F)(F)F)c2)nnc1C1NCNCC12CCCCCCC2. The van der Waals surface area contributed by atoms with Crippen LogP contribution in [0.15, 0.2) is 42.5 Å². The molecule has 12 heteroatoms. The summed E-state index contributed by atoms with van der Waals surface area (Å²) in [5.41, 5.74) is 0.744. The zero-order valence-corrected chi connectivity index (χ0v) is 25.0. The smallest absolute Gasteiger partial charge is 0.419 e. The van der Waals surface area contributed by atoms with Gasteiger partial charge in [0, 0.05) is 48.9 Å². The normalized spacial score (nSPS) is 21.9. The summed E-state index contributed by atoms with van der Waals surface area (Å²) in [7, 11) is 2.01. The summed E-state index contributed by atoms with van der Waals surface area (Å²) in [5.74, 6) is 1.15. The van der Waals surface area contributed by atoms with Crippen molar-refractivity contribution in [1.29, 1.82) is 0 Å². The van der Waals surface area contributed by atoms with Crippen LogP contribution in [0.4, 0.5) is 18.9 Å². The van der Waals surface area contributed by atoms with Crippen LogP contribution in [0.2, 0.25) is 0 Å². The van der Waals surface area contributed by atoms with Crippen molar-refractivity contribution in [2.45, 2.75) is 76.2 Å². The van der Waals surface area contributed by atoms with Crippen LogP contribution in [-0.4, -0.2) is 40.5 Å². The molecule has 1 saturated carbocycles. The number of rotatable bonds is 6. The zero-order valence-electron chi connectivity index (χ0n) is 25.0. The minimum absolute atomic E-state index is 0.0837. The number of aromatic nitrogens is 3. The van der Waals surface area contributed by atoms with Crippen LogP contribution in [0.1, 0.15) is 96.6 Å². The molecule has 1 aliphatic carbocycles. The average Bonchev–Trinajstić information content (AvgIpc) is 3.37. The molecule has 2 fully saturated rings. The second-order valence-electron chi connectivity index (χ2n) is 12.2. The van der Waals surface area contributed by atoms with Gasteiger partial charge in [-0.25, -0.2) is 0 Å². The van der Waals surface area contributed by atoms with E-state index in [4.69, 9.17) is 4.74 Å². The number of halogens is 3. The maximum atomic E-state index is 13.5. The van der Waals surface area contributed by atoms with Crippen LogP contribution < -0.4 is 26.0 Å². The first-order chi connectivity index (χ1) is 21.2. The molecule has 3 heterocycles. The monoisotopic (exact) mass is 611 g/mol. The van der Waals surface area contributed by atoms with Crippen LogP contribution in [-0.2, 0) is 19.8 Å². The van der Waals surface area contributed by atoms with Crippen LogP contribution in [0.25, 0.3) is 0 Å². The molecule has 0 radical (unpaired) electrons. The molecule has 1 spiro atoms. The number of fused-ring (bicyclic) bond motifs is 1. The van der Waals surface area contributed by atoms with Gasteiger partial charge in [-0.2, -0.15) is 13.2 Å². The van der Waals surface area contributed by atoms with Crippen LogP contribution >= 0.6 is 0 Å². The molecule has 3 aromatic rings. The Kier molecular flexibility index (Phi) is 8.82. The number of anilines is 1. The highest BCUT2D eigenvalue weighted by molar-refractivity contribution is 5.95. The molecule has 9 nitrogen and oxygen atoms in total. The fourth-order valence-corrected chi connectivity index (χ4v) is 7.02. The number of amides is 1. The number of nitrogens with one attached hydrogen (secondary N) is 4. The highest BCUT2D eigenvalue weighted by atomic mass is 19.4. The van der Waals surface area contributed by atoms with E-state index in [1.165, 1.54) is 38.2 Å². The van der Waals surface area contributed by atoms with Gasteiger partial charge < -0.3 is 25.3 Å². The lowest BCUT2D eigenvalue weighted by Crippen LogP contribution is -2.54. The molecule has 2 aromatic carbocycles. The molecule has 236 valence electrons. The lowest BCUT2D eigenvalue weighted by atomic mass is 9.69. The van der Waals surface area contributed by atoms with E-state index in [0.717, 1.165) is 49.5 Å². The Hall–Kier alpha value is -3.64. The Morgan fingerprint density at radius 1 is 1.09 bits per heavy atom. The third-order valence-corrected chi connectivity index (χ3v) is 9.39. The van der Waals surface area contributed by atoms with Gasteiger partial charge in [0.1, 0.15) is 5.75 Å². The Bertz CT molecular complexity index is 1470. The number of carbonyl (C=O) groups excluding carboxylic acids is 1. The maximum Gasteiger partial charge on any atom is 0.419 e. The van der Waals surface area contributed by atoms with E-state index < -0.39 is 17.8 Å². The average molecular weight is 612 g/mol. The minimum Gasteiger partial charge on any atom is -0.492 e. The van der Waals surface area contributed by atoms with E-state index in [9.17, 15) is 18.0 Å². The van der Waals surface area contributed by atoms with Gasteiger partial charge >= 0.3 is 6.18 Å². The van der Waals surface area contributed by atoms with Crippen molar-refractivity contribution < 1.29 is 22.7 Å². The lowest BCUT2D eigenvalue weighted by molar-refractivity contribution is -0.139. The van der Waals surface area contributed by atoms with E-state index in [1.54, 1.807) is 24.3 Å². The van der Waals surface area contributed by atoms with E-state index in [2.05, 4.69) is 36.0 Å². The molecular weight excluding hydrogens is 571 g/mol. The summed E-state index contributed by atoms with van der Waals surface area (Å²) in [6, 6.07) is 10.5. The van der Waals surface area contributed by atoms with Crippen molar-refractivity contribution in [3.8, 4) is 5.75 Å². The number of carbonyl (C=O) groups is 1. The maximum absolute atomic E-state index is 13.5. The second-order valence-corrected chi connectivity index (χ2v) is 12.2. The van der Waals surface area contributed by atoms with E-state index in [0.29, 0.717) is 24.1 Å². The number of alkyl halides is 3.